The van der Waals surface area contributed by atoms with Gasteiger partial charge in [-0.15, -0.1) is 0 Å². The molecule has 3 nitrogen and oxygen atoms in total. The number of rotatable bonds is 4. The van der Waals surface area contributed by atoms with Crippen molar-refractivity contribution in [3.8, 4) is 11.5 Å². The molecule has 1 aliphatic carbocycles. The van der Waals surface area contributed by atoms with Crippen LogP contribution >= 0.6 is 15.9 Å². The minimum Gasteiger partial charge on any atom is -0.503 e. The molecule has 0 saturated heterocycles. The van der Waals surface area contributed by atoms with Crippen molar-refractivity contribution in [1.29, 1.82) is 0 Å². The Labute approximate surface area is 129 Å². The lowest BCUT2D eigenvalue weighted by Crippen LogP contribution is -2.38. The molecule has 1 aliphatic rings. The van der Waals surface area contributed by atoms with E-state index in [1.165, 1.54) is 19.3 Å². The van der Waals surface area contributed by atoms with Crippen molar-refractivity contribution < 1.29 is 9.84 Å². The third-order valence-corrected chi connectivity index (χ3v) is 4.91. The Morgan fingerprint density at radius 2 is 2.10 bits per heavy atom. The molecule has 0 aromatic heterocycles. The third kappa shape index (κ3) is 3.67. The molecule has 112 valence electrons. The summed E-state index contributed by atoms with van der Waals surface area (Å²) in [6, 6.07) is 4.43. The van der Waals surface area contributed by atoms with Crippen molar-refractivity contribution in [2.75, 3.05) is 7.11 Å². The molecule has 3 unspecified atom stereocenters. The molecule has 0 heterocycles. The van der Waals surface area contributed by atoms with Crippen LogP contribution in [0.4, 0.5) is 0 Å². The SMILES string of the molecule is COc1cc(CNC2CCC(C)CC2C)cc(Br)c1O. The molecule has 2 rings (SSSR count). The number of halogens is 1. The lowest BCUT2D eigenvalue weighted by Gasteiger charge is -2.33. The Morgan fingerprint density at radius 3 is 2.75 bits per heavy atom. The van der Waals surface area contributed by atoms with Crippen LogP contribution in [0.5, 0.6) is 11.5 Å². The monoisotopic (exact) mass is 341 g/mol. The van der Waals surface area contributed by atoms with Crippen molar-refractivity contribution in [2.24, 2.45) is 11.8 Å². The number of hydrogen-bond acceptors (Lipinski definition) is 3. The van der Waals surface area contributed by atoms with Gasteiger partial charge in [0.05, 0.1) is 11.6 Å². The van der Waals surface area contributed by atoms with E-state index in [1.807, 2.05) is 12.1 Å². The van der Waals surface area contributed by atoms with Gasteiger partial charge in [0.2, 0.25) is 0 Å². The molecule has 20 heavy (non-hydrogen) atoms. The average molecular weight is 342 g/mol. The molecule has 1 aromatic carbocycles. The summed E-state index contributed by atoms with van der Waals surface area (Å²) in [4.78, 5) is 0. The van der Waals surface area contributed by atoms with Crippen molar-refractivity contribution in [3.63, 3.8) is 0 Å². The second-order valence-electron chi connectivity index (χ2n) is 6.01. The summed E-state index contributed by atoms with van der Waals surface area (Å²) in [6.07, 6.45) is 3.86. The van der Waals surface area contributed by atoms with Gasteiger partial charge in [0.25, 0.3) is 0 Å². The van der Waals surface area contributed by atoms with Crippen LogP contribution in [0.2, 0.25) is 0 Å². The summed E-state index contributed by atoms with van der Waals surface area (Å²) < 4.78 is 5.87. The Balaban J connectivity index is 1.99. The molecule has 0 radical (unpaired) electrons. The van der Waals surface area contributed by atoms with Crippen LogP contribution in [0.1, 0.15) is 38.7 Å². The van der Waals surface area contributed by atoms with Gasteiger partial charge < -0.3 is 15.2 Å². The van der Waals surface area contributed by atoms with Crippen LogP contribution in [0, 0.1) is 11.8 Å². The van der Waals surface area contributed by atoms with Crippen LogP contribution in [0.3, 0.4) is 0 Å². The fraction of sp³-hybridized carbons (Fsp3) is 0.625. The number of methoxy groups -OCH3 is 1. The van der Waals surface area contributed by atoms with E-state index in [-0.39, 0.29) is 5.75 Å². The van der Waals surface area contributed by atoms with Gasteiger partial charge in [-0.2, -0.15) is 0 Å². The largest absolute Gasteiger partial charge is 0.503 e. The number of phenols is 1. The van der Waals surface area contributed by atoms with E-state index in [0.717, 1.165) is 23.9 Å². The predicted octanol–water partition coefficient (Wildman–Crippen LogP) is 4.08. The highest BCUT2D eigenvalue weighted by molar-refractivity contribution is 9.10. The van der Waals surface area contributed by atoms with E-state index in [4.69, 9.17) is 4.74 Å². The molecule has 0 spiro atoms. The maximum Gasteiger partial charge on any atom is 0.172 e. The Bertz CT molecular complexity index is 464. The summed E-state index contributed by atoms with van der Waals surface area (Å²) >= 11 is 3.37. The highest BCUT2D eigenvalue weighted by atomic mass is 79.9. The molecule has 0 aliphatic heterocycles. The van der Waals surface area contributed by atoms with Gasteiger partial charge >= 0.3 is 0 Å². The molecule has 1 saturated carbocycles. The van der Waals surface area contributed by atoms with Crippen molar-refractivity contribution in [2.45, 2.75) is 45.7 Å². The molecule has 1 fully saturated rings. The normalized spacial score (nSPS) is 26.5. The first-order chi connectivity index (χ1) is 9.51. The molecule has 3 atom stereocenters. The van der Waals surface area contributed by atoms with Gasteiger partial charge in [0.1, 0.15) is 0 Å². The number of phenolic OH excluding ortho intramolecular Hbond substituents is 1. The zero-order chi connectivity index (χ0) is 14.7. The third-order valence-electron chi connectivity index (χ3n) is 4.31. The van der Waals surface area contributed by atoms with Gasteiger partial charge in [-0.3, -0.25) is 0 Å². The van der Waals surface area contributed by atoms with Crippen molar-refractivity contribution in [1.82, 2.24) is 5.32 Å². The predicted molar refractivity (Wildman–Crippen MR) is 85.2 cm³/mol. The van der Waals surface area contributed by atoms with E-state index in [9.17, 15) is 5.11 Å². The Kier molecular flexibility index (Phi) is 5.33. The number of benzene rings is 1. The zero-order valence-corrected chi connectivity index (χ0v) is 14.0. The molecule has 4 heteroatoms. The first kappa shape index (κ1) is 15.6. The van der Waals surface area contributed by atoms with Crippen LogP contribution < -0.4 is 10.1 Å². The molecular formula is C16H24BrNO2. The van der Waals surface area contributed by atoms with Crippen LogP contribution in [0.25, 0.3) is 0 Å². The van der Waals surface area contributed by atoms with Gasteiger partial charge in [-0.05, 0) is 64.7 Å². The van der Waals surface area contributed by atoms with Gasteiger partial charge in [-0.1, -0.05) is 13.8 Å². The maximum atomic E-state index is 9.82. The Hall–Kier alpha value is -0.740. The highest BCUT2D eigenvalue weighted by Crippen LogP contribution is 2.35. The standard InChI is InChI=1S/C16H24BrNO2/c1-10-4-5-14(11(2)6-10)18-9-12-7-13(17)16(19)15(8-12)20-3/h7-8,10-11,14,18-19H,4-6,9H2,1-3H3. The zero-order valence-electron chi connectivity index (χ0n) is 12.4. The second kappa shape index (κ2) is 6.81. The van der Waals surface area contributed by atoms with E-state index in [0.29, 0.717) is 16.3 Å². The lowest BCUT2D eigenvalue weighted by atomic mass is 9.80. The molecule has 2 N–H and O–H groups in total. The minimum atomic E-state index is 0.163. The summed E-state index contributed by atoms with van der Waals surface area (Å²) in [5.74, 6) is 2.25. The molecule has 0 amide bonds. The number of nitrogens with one attached hydrogen (secondary N) is 1. The highest BCUT2D eigenvalue weighted by Gasteiger charge is 2.24. The smallest absolute Gasteiger partial charge is 0.172 e. The van der Waals surface area contributed by atoms with Gasteiger partial charge in [0, 0.05) is 12.6 Å². The quantitative estimate of drug-likeness (QED) is 0.866. The van der Waals surface area contributed by atoms with E-state index < -0.39 is 0 Å². The summed E-state index contributed by atoms with van der Waals surface area (Å²) in [5.41, 5.74) is 1.12. The molecular weight excluding hydrogens is 318 g/mol. The van der Waals surface area contributed by atoms with Gasteiger partial charge in [0.15, 0.2) is 11.5 Å². The van der Waals surface area contributed by atoms with E-state index in [2.05, 4.69) is 35.1 Å². The summed E-state index contributed by atoms with van der Waals surface area (Å²) in [7, 11) is 1.57. The summed E-state index contributed by atoms with van der Waals surface area (Å²) in [5, 5.41) is 13.5. The van der Waals surface area contributed by atoms with Crippen LogP contribution in [0.15, 0.2) is 16.6 Å². The van der Waals surface area contributed by atoms with Crippen LogP contribution in [-0.2, 0) is 6.54 Å². The molecule has 0 bridgehead atoms. The van der Waals surface area contributed by atoms with Crippen LogP contribution in [-0.4, -0.2) is 18.3 Å². The fourth-order valence-electron chi connectivity index (χ4n) is 3.10. The number of hydrogen-bond donors (Lipinski definition) is 2. The lowest BCUT2D eigenvalue weighted by molar-refractivity contribution is 0.227. The Morgan fingerprint density at radius 1 is 1.35 bits per heavy atom. The van der Waals surface area contributed by atoms with E-state index in [1.54, 1.807) is 7.11 Å². The maximum absolute atomic E-state index is 9.82. The number of ether oxygens (including phenoxy) is 1. The first-order valence-electron chi connectivity index (χ1n) is 7.30. The number of aromatic hydroxyl groups is 1. The van der Waals surface area contributed by atoms with Crippen molar-refractivity contribution >= 4 is 15.9 Å². The van der Waals surface area contributed by atoms with Crippen molar-refractivity contribution in [3.05, 3.63) is 22.2 Å². The second-order valence-corrected chi connectivity index (χ2v) is 6.87. The topological polar surface area (TPSA) is 41.5 Å². The fourth-order valence-corrected chi connectivity index (χ4v) is 3.59. The average Bonchev–Trinajstić information content (AvgIpc) is 2.41. The van der Waals surface area contributed by atoms with Gasteiger partial charge in [-0.25, -0.2) is 0 Å². The van der Waals surface area contributed by atoms with E-state index >= 15 is 0 Å². The first-order valence-corrected chi connectivity index (χ1v) is 8.09. The molecule has 1 aromatic rings. The minimum absolute atomic E-state index is 0.163. The summed E-state index contributed by atoms with van der Waals surface area (Å²) in [6.45, 7) is 5.48.